The molecule has 0 aromatic heterocycles. The zero-order valence-electron chi connectivity index (χ0n) is 9.90. The van der Waals surface area contributed by atoms with Gasteiger partial charge in [0.1, 0.15) is 0 Å². The molecule has 0 spiro atoms. The Morgan fingerprint density at radius 3 is 2.69 bits per heavy atom. The Morgan fingerprint density at radius 1 is 1.38 bits per heavy atom. The Hall–Kier alpha value is -1.35. The highest BCUT2D eigenvalue weighted by atomic mass is 16.6. The number of amides is 1. The summed E-state index contributed by atoms with van der Waals surface area (Å²) in [5, 5.41) is 0. The van der Waals surface area contributed by atoms with Crippen LogP contribution in [0.2, 0.25) is 0 Å². The largest absolute Gasteiger partial charge is 0.273 e. The summed E-state index contributed by atoms with van der Waals surface area (Å²) >= 11 is 0. The maximum Gasteiger partial charge on any atom is 0.246 e. The van der Waals surface area contributed by atoms with E-state index in [1.54, 1.807) is 0 Å². The molecule has 1 aromatic rings. The second-order valence-corrected chi connectivity index (χ2v) is 3.93. The number of carbonyl (C=O) groups excluding carboxylic acids is 1. The van der Waals surface area contributed by atoms with Crippen LogP contribution in [0, 0.1) is 5.92 Å². The number of benzene rings is 1. The molecule has 1 N–H and O–H groups in total. The molecule has 0 aliphatic carbocycles. The summed E-state index contributed by atoms with van der Waals surface area (Å²) in [4.78, 5) is 16.6. The molecule has 0 aliphatic rings. The van der Waals surface area contributed by atoms with Gasteiger partial charge >= 0.3 is 0 Å². The topological polar surface area (TPSA) is 38.3 Å². The smallest absolute Gasteiger partial charge is 0.246 e. The summed E-state index contributed by atoms with van der Waals surface area (Å²) in [5.74, 6) is -0.0291. The average molecular weight is 221 g/mol. The fraction of sp³-hybridized carbons (Fsp3) is 0.462. The number of nitrogens with one attached hydrogen (secondary N) is 1. The van der Waals surface area contributed by atoms with Crippen LogP contribution in [0.25, 0.3) is 0 Å². The molecule has 0 radical (unpaired) electrons. The van der Waals surface area contributed by atoms with Crippen molar-refractivity contribution in [3.8, 4) is 0 Å². The first-order chi connectivity index (χ1) is 7.74. The van der Waals surface area contributed by atoms with Crippen molar-refractivity contribution in [2.24, 2.45) is 5.92 Å². The standard InChI is InChI=1S/C13H19NO2/c1-3-7-11(2)13(15)14-16-10-12-8-5-4-6-9-12/h4-6,8-9,11H,3,7,10H2,1-2H3,(H,14,15). The Labute approximate surface area is 96.8 Å². The molecular formula is C13H19NO2. The van der Waals surface area contributed by atoms with E-state index in [9.17, 15) is 4.79 Å². The SMILES string of the molecule is CCCC(C)C(=O)NOCc1ccccc1. The molecule has 3 nitrogen and oxygen atoms in total. The summed E-state index contributed by atoms with van der Waals surface area (Å²) in [6.45, 7) is 4.38. The van der Waals surface area contributed by atoms with Crippen molar-refractivity contribution in [2.75, 3.05) is 0 Å². The van der Waals surface area contributed by atoms with Crippen molar-refractivity contribution in [1.29, 1.82) is 0 Å². The van der Waals surface area contributed by atoms with Crippen LogP contribution in [-0.2, 0) is 16.2 Å². The zero-order chi connectivity index (χ0) is 11.8. The van der Waals surface area contributed by atoms with Crippen LogP contribution in [0.1, 0.15) is 32.3 Å². The number of carbonyl (C=O) groups is 1. The molecule has 0 aliphatic heterocycles. The van der Waals surface area contributed by atoms with Gasteiger partial charge in [-0.25, -0.2) is 5.48 Å². The van der Waals surface area contributed by atoms with Crippen LogP contribution in [0.4, 0.5) is 0 Å². The minimum absolute atomic E-state index is 0.0146. The van der Waals surface area contributed by atoms with Gasteiger partial charge in [0, 0.05) is 5.92 Å². The third-order valence-electron chi connectivity index (χ3n) is 2.42. The molecule has 1 unspecified atom stereocenters. The molecule has 1 atom stereocenters. The molecule has 0 heterocycles. The first kappa shape index (κ1) is 12.7. The lowest BCUT2D eigenvalue weighted by Crippen LogP contribution is -2.29. The lowest BCUT2D eigenvalue weighted by atomic mass is 10.1. The molecular weight excluding hydrogens is 202 g/mol. The first-order valence-corrected chi connectivity index (χ1v) is 5.69. The van der Waals surface area contributed by atoms with E-state index in [1.165, 1.54) is 0 Å². The summed E-state index contributed by atoms with van der Waals surface area (Å²) in [6, 6.07) is 9.76. The lowest BCUT2D eigenvalue weighted by molar-refractivity contribution is -0.138. The second kappa shape index (κ2) is 7.01. The van der Waals surface area contributed by atoms with Gasteiger partial charge in [0.15, 0.2) is 0 Å². The first-order valence-electron chi connectivity index (χ1n) is 5.69. The molecule has 1 amide bonds. The monoisotopic (exact) mass is 221 g/mol. The van der Waals surface area contributed by atoms with Gasteiger partial charge < -0.3 is 0 Å². The van der Waals surface area contributed by atoms with Crippen LogP contribution >= 0.6 is 0 Å². The van der Waals surface area contributed by atoms with E-state index in [-0.39, 0.29) is 11.8 Å². The Balaban J connectivity index is 2.23. The van der Waals surface area contributed by atoms with Gasteiger partial charge in [-0.2, -0.15) is 0 Å². The van der Waals surface area contributed by atoms with Crippen molar-refractivity contribution < 1.29 is 9.63 Å². The van der Waals surface area contributed by atoms with Crippen LogP contribution in [0.15, 0.2) is 30.3 Å². The predicted molar refractivity (Wildman–Crippen MR) is 63.4 cm³/mol. The Bertz CT molecular complexity index is 311. The zero-order valence-corrected chi connectivity index (χ0v) is 9.90. The van der Waals surface area contributed by atoms with Crippen LogP contribution < -0.4 is 5.48 Å². The van der Waals surface area contributed by atoms with Gasteiger partial charge in [-0.05, 0) is 12.0 Å². The maximum atomic E-state index is 11.5. The minimum Gasteiger partial charge on any atom is -0.273 e. The third kappa shape index (κ3) is 4.45. The molecule has 0 saturated heterocycles. The third-order valence-corrected chi connectivity index (χ3v) is 2.42. The molecule has 3 heteroatoms. The van der Waals surface area contributed by atoms with Crippen molar-refractivity contribution in [3.63, 3.8) is 0 Å². The van der Waals surface area contributed by atoms with Gasteiger partial charge in [0.2, 0.25) is 5.91 Å². The van der Waals surface area contributed by atoms with Gasteiger partial charge in [-0.15, -0.1) is 0 Å². The van der Waals surface area contributed by atoms with Crippen LogP contribution in [0.5, 0.6) is 0 Å². The van der Waals surface area contributed by atoms with E-state index in [2.05, 4.69) is 12.4 Å². The lowest BCUT2D eigenvalue weighted by Gasteiger charge is -2.10. The van der Waals surface area contributed by atoms with E-state index < -0.39 is 0 Å². The summed E-state index contributed by atoms with van der Waals surface area (Å²) < 4.78 is 0. The number of rotatable bonds is 6. The fourth-order valence-corrected chi connectivity index (χ4v) is 1.43. The van der Waals surface area contributed by atoms with E-state index in [4.69, 9.17) is 4.84 Å². The second-order valence-electron chi connectivity index (χ2n) is 3.93. The van der Waals surface area contributed by atoms with E-state index >= 15 is 0 Å². The van der Waals surface area contributed by atoms with Crippen molar-refractivity contribution in [1.82, 2.24) is 5.48 Å². The normalized spacial score (nSPS) is 12.1. The van der Waals surface area contributed by atoms with Crippen molar-refractivity contribution >= 4 is 5.91 Å². The van der Waals surface area contributed by atoms with Crippen molar-refractivity contribution in [2.45, 2.75) is 33.3 Å². The van der Waals surface area contributed by atoms with Crippen LogP contribution in [0.3, 0.4) is 0 Å². The maximum absolute atomic E-state index is 11.5. The fourth-order valence-electron chi connectivity index (χ4n) is 1.43. The molecule has 0 saturated carbocycles. The van der Waals surface area contributed by atoms with E-state index in [1.807, 2.05) is 37.3 Å². The van der Waals surface area contributed by atoms with E-state index in [0.29, 0.717) is 6.61 Å². The molecule has 1 rings (SSSR count). The quantitative estimate of drug-likeness (QED) is 0.750. The minimum atomic E-state index is -0.0437. The Kier molecular flexibility index (Phi) is 5.57. The van der Waals surface area contributed by atoms with Gasteiger partial charge in [0.05, 0.1) is 6.61 Å². The van der Waals surface area contributed by atoms with Crippen LogP contribution in [-0.4, -0.2) is 5.91 Å². The molecule has 16 heavy (non-hydrogen) atoms. The average Bonchev–Trinajstić information content (AvgIpc) is 2.30. The number of hydrogen-bond acceptors (Lipinski definition) is 2. The molecule has 1 aromatic carbocycles. The van der Waals surface area contributed by atoms with Gasteiger partial charge in [-0.3, -0.25) is 9.63 Å². The van der Waals surface area contributed by atoms with Gasteiger partial charge in [0.25, 0.3) is 0 Å². The molecule has 0 bridgehead atoms. The number of hydrogen-bond donors (Lipinski definition) is 1. The summed E-state index contributed by atoms with van der Waals surface area (Å²) in [7, 11) is 0. The number of hydroxylamine groups is 1. The summed E-state index contributed by atoms with van der Waals surface area (Å²) in [6.07, 6.45) is 1.90. The van der Waals surface area contributed by atoms with Gasteiger partial charge in [-0.1, -0.05) is 50.6 Å². The predicted octanol–water partition coefficient (Wildman–Crippen LogP) is 2.67. The van der Waals surface area contributed by atoms with Crippen molar-refractivity contribution in [3.05, 3.63) is 35.9 Å². The molecule has 88 valence electrons. The summed E-state index contributed by atoms with van der Waals surface area (Å²) in [5.41, 5.74) is 3.52. The Morgan fingerprint density at radius 2 is 2.06 bits per heavy atom. The van der Waals surface area contributed by atoms with E-state index in [0.717, 1.165) is 18.4 Å². The highest BCUT2D eigenvalue weighted by molar-refractivity contribution is 5.77. The highest BCUT2D eigenvalue weighted by Gasteiger charge is 2.10. The highest BCUT2D eigenvalue weighted by Crippen LogP contribution is 2.05. The molecule has 0 fully saturated rings.